The molecular weight excluding hydrogens is 298 g/mol. The van der Waals surface area contributed by atoms with Gasteiger partial charge in [0.15, 0.2) is 9.84 Å². The number of sulfone groups is 1. The summed E-state index contributed by atoms with van der Waals surface area (Å²) in [6.07, 6.45) is 0.393. The Morgan fingerprint density at radius 1 is 1.48 bits per heavy atom. The summed E-state index contributed by atoms with van der Waals surface area (Å²) in [5.74, 6) is -1.17. The number of nitrogens with one attached hydrogen (secondary N) is 2. The van der Waals surface area contributed by atoms with Crippen LogP contribution in [0.2, 0.25) is 0 Å². The second-order valence-corrected chi connectivity index (χ2v) is 7.37. The Kier molecular flexibility index (Phi) is 3.95. The predicted molar refractivity (Wildman–Crippen MR) is 76.3 cm³/mol. The van der Waals surface area contributed by atoms with E-state index in [2.05, 4.69) is 10.3 Å². The minimum absolute atomic E-state index is 0.0606. The number of carboxylic acids is 1. The summed E-state index contributed by atoms with van der Waals surface area (Å²) >= 11 is 0. The van der Waals surface area contributed by atoms with Gasteiger partial charge in [-0.3, -0.25) is 0 Å². The van der Waals surface area contributed by atoms with Gasteiger partial charge in [-0.05, 0) is 19.4 Å². The van der Waals surface area contributed by atoms with Gasteiger partial charge in [0.05, 0.1) is 17.2 Å². The first kappa shape index (κ1) is 15.4. The molecule has 1 aromatic heterocycles. The molecule has 0 spiro atoms. The maximum atomic E-state index is 12.1. The van der Waals surface area contributed by atoms with Crippen LogP contribution in [0.3, 0.4) is 0 Å². The van der Waals surface area contributed by atoms with Crippen molar-refractivity contribution in [3.05, 3.63) is 17.5 Å². The van der Waals surface area contributed by atoms with Gasteiger partial charge in [-0.15, -0.1) is 0 Å². The maximum Gasteiger partial charge on any atom is 0.354 e. The standard InChI is InChI=1S/C12H17N3O5S/c1-7-5-9(10(13-7)11(16)17)14-12(18)15(2)8-3-4-21(19,20)6-8/h5,8,13H,3-4,6H2,1-2H3,(H,14,18)(H,16,17). The van der Waals surface area contributed by atoms with Crippen molar-refractivity contribution in [2.75, 3.05) is 23.9 Å². The average Bonchev–Trinajstić information content (AvgIpc) is 2.91. The van der Waals surface area contributed by atoms with Crippen LogP contribution < -0.4 is 5.32 Å². The van der Waals surface area contributed by atoms with Crippen molar-refractivity contribution in [1.29, 1.82) is 0 Å². The van der Waals surface area contributed by atoms with E-state index in [-0.39, 0.29) is 28.9 Å². The van der Waals surface area contributed by atoms with Gasteiger partial charge in [-0.25, -0.2) is 18.0 Å². The zero-order valence-corrected chi connectivity index (χ0v) is 12.5. The smallest absolute Gasteiger partial charge is 0.354 e. The second-order valence-electron chi connectivity index (χ2n) is 5.14. The van der Waals surface area contributed by atoms with Crippen molar-refractivity contribution in [3.63, 3.8) is 0 Å². The number of aryl methyl sites for hydroxylation is 1. The molecule has 21 heavy (non-hydrogen) atoms. The zero-order valence-electron chi connectivity index (χ0n) is 11.7. The Balaban J connectivity index is 2.10. The number of aromatic amines is 1. The first-order chi connectivity index (χ1) is 9.69. The van der Waals surface area contributed by atoms with E-state index >= 15 is 0 Å². The van der Waals surface area contributed by atoms with Gasteiger partial charge in [0.1, 0.15) is 5.69 Å². The van der Waals surface area contributed by atoms with Crippen LogP contribution in [0.5, 0.6) is 0 Å². The summed E-state index contributed by atoms with van der Waals surface area (Å²) in [5.41, 5.74) is 0.666. The van der Waals surface area contributed by atoms with Crippen molar-refractivity contribution in [3.8, 4) is 0 Å². The van der Waals surface area contributed by atoms with E-state index in [9.17, 15) is 18.0 Å². The van der Waals surface area contributed by atoms with Crippen LogP contribution in [0.25, 0.3) is 0 Å². The van der Waals surface area contributed by atoms with Gasteiger partial charge < -0.3 is 20.3 Å². The summed E-state index contributed by atoms with van der Waals surface area (Å²) in [7, 11) is -1.59. The summed E-state index contributed by atoms with van der Waals surface area (Å²) < 4.78 is 22.9. The lowest BCUT2D eigenvalue weighted by Gasteiger charge is -2.23. The molecule has 116 valence electrons. The highest BCUT2D eigenvalue weighted by Crippen LogP contribution is 2.20. The van der Waals surface area contributed by atoms with Crippen molar-refractivity contribution in [2.24, 2.45) is 0 Å². The summed E-state index contributed by atoms with van der Waals surface area (Å²) in [5, 5.41) is 11.5. The van der Waals surface area contributed by atoms with Crippen LogP contribution in [0.4, 0.5) is 10.5 Å². The van der Waals surface area contributed by atoms with Crippen molar-refractivity contribution in [1.82, 2.24) is 9.88 Å². The van der Waals surface area contributed by atoms with Gasteiger partial charge in [-0.2, -0.15) is 0 Å². The minimum atomic E-state index is -3.09. The number of urea groups is 1. The van der Waals surface area contributed by atoms with Crippen molar-refractivity contribution < 1.29 is 23.1 Å². The number of aromatic nitrogens is 1. The molecule has 0 radical (unpaired) electrons. The lowest BCUT2D eigenvalue weighted by atomic mass is 10.2. The van der Waals surface area contributed by atoms with E-state index in [1.807, 2.05) is 0 Å². The Bertz CT molecular complexity index is 679. The molecule has 1 fully saturated rings. The highest BCUT2D eigenvalue weighted by atomic mass is 32.2. The molecule has 0 saturated carbocycles. The number of carbonyl (C=O) groups is 2. The topological polar surface area (TPSA) is 120 Å². The first-order valence-electron chi connectivity index (χ1n) is 6.37. The summed E-state index contributed by atoms with van der Waals surface area (Å²) in [4.78, 5) is 27.1. The number of anilines is 1. The molecule has 1 atom stereocenters. The number of hydrogen-bond acceptors (Lipinski definition) is 4. The highest BCUT2D eigenvalue weighted by molar-refractivity contribution is 7.91. The molecule has 2 heterocycles. The van der Waals surface area contributed by atoms with E-state index in [0.29, 0.717) is 12.1 Å². The molecular formula is C12H17N3O5S. The Hall–Kier alpha value is -2.03. The molecule has 1 aliphatic heterocycles. The van der Waals surface area contributed by atoms with Gasteiger partial charge in [0.2, 0.25) is 0 Å². The Labute approximate surface area is 122 Å². The van der Waals surface area contributed by atoms with Crippen LogP contribution in [-0.4, -0.2) is 60.0 Å². The van der Waals surface area contributed by atoms with E-state index in [4.69, 9.17) is 5.11 Å². The normalized spacial score (nSPS) is 20.2. The van der Waals surface area contributed by atoms with E-state index in [0.717, 1.165) is 0 Å². The van der Waals surface area contributed by atoms with Gasteiger partial charge >= 0.3 is 12.0 Å². The maximum absolute atomic E-state index is 12.1. The number of H-pyrrole nitrogens is 1. The molecule has 0 aromatic carbocycles. The average molecular weight is 315 g/mol. The molecule has 2 rings (SSSR count). The largest absolute Gasteiger partial charge is 0.477 e. The third kappa shape index (κ3) is 3.35. The molecule has 0 bridgehead atoms. The molecule has 1 aliphatic rings. The van der Waals surface area contributed by atoms with Crippen LogP contribution in [-0.2, 0) is 9.84 Å². The molecule has 3 N–H and O–H groups in total. The van der Waals surface area contributed by atoms with E-state index < -0.39 is 21.8 Å². The van der Waals surface area contributed by atoms with Crippen LogP contribution >= 0.6 is 0 Å². The summed E-state index contributed by atoms with van der Waals surface area (Å²) in [6.45, 7) is 1.68. The SMILES string of the molecule is Cc1cc(NC(=O)N(C)C2CCS(=O)(=O)C2)c(C(=O)O)[nH]1. The minimum Gasteiger partial charge on any atom is -0.477 e. The molecule has 8 nitrogen and oxygen atoms in total. The third-order valence-corrected chi connectivity index (χ3v) is 5.23. The van der Waals surface area contributed by atoms with E-state index in [1.165, 1.54) is 18.0 Å². The first-order valence-corrected chi connectivity index (χ1v) is 8.19. The van der Waals surface area contributed by atoms with Crippen LogP contribution in [0, 0.1) is 6.92 Å². The molecule has 2 amide bonds. The van der Waals surface area contributed by atoms with Gasteiger partial charge in [0, 0.05) is 18.8 Å². The molecule has 1 aromatic rings. The van der Waals surface area contributed by atoms with Crippen LogP contribution in [0.1, 0.15) is 22.6 Å². The fourth-order valence-electron chi connectivity index (χ4n) is 2.31. The number of carboxylic acid groups (broad SMARTS) is 1. The number of amides is 2. The number of hydrogen-bond donors (Lipinski definition) is 3. The lowest BCUT2D eigenvalue weighted by Crippen LogP contribution is -2.40. The Morgan fingerprint density at radius 3 is 2.67 bits per heavy atom. The zero-order chi connectivity index (χ0) is 15.8. The number of nitrogens with zero attached hydrogens (tertiary/aromatic N) is 1. The molecule has 1 saturated heterocycles. The number of carbonyl (C=O) groups excluding carboxylic acids is 1. The second kappa shape index (κ2) is 5.40. The van der Waals surface area contributed by atoms with E-state index in [1.54, 1.807) is 6.92 Å². The van der Waals surface area contributed by atoms with Crippen LogP contribution in [0.15, 0.2) is 6.07 Å². The fourth-order valence-corrected chi connectivity index (χ4v) is 4.08. The lowest BCUT2D eigenvalue weighted by molar-refractivity contribution is 0.0692. The highest BCUT2D eigenvalue weighted by Gasteiger charge is 2.33. The predicted octanol–water partition coefficient (Wildman–Crippen LogP) is 0.672. The number of rotatable bonds is 3. The molecule has 0 aliphatic carbocycles. The van der Waals surface area contributed by atoms with Crippen molar-refractivity contribution in [2.45, 2.75) is 19.4 Å². The quantitative estimate of drug-likeness (QED) is 0.757. The van der Waals surface area contributed by atoms with Gasteiger partial charge in [-0.1, -0.05) is 0 Å². The molecule has 1 unspecified atom stereocenters. The number of aromatic carboxylic acids is 1. The summed E-state index contributed by atoms with van der Waals surface area (Å²) in [6, 6.07) is 0.600. The third-order valence-electron chi connectivity index (χ3n) is 3.48. The van der Waals surface area contributed by atoms with Crippen molar-refractivity contribution >= 4 is 27.5 Å². The fraction of sp³-hybridized carbons (Fsp3) is 0.500. The monoisotopic (exact) mass is 315 g/mol. The molecule has 9 heteroatoms. The van der Waals surface area contributed by atoms with Gasteiger partial charge in [0.25, 0.3) is 0 Å². The Morgan fingerprint density at radius 2 is 2.14 bits per heavy atom.